The summed E-state index contributed by atoms with van der Waals surface area (Å²) in [5.74, 6) is -2.53. The van der Waals surface area contributed by atoms with E-state index in [1.165, 1.54) is 26.1 Å². The fourth-order valence-electron chi connectivity index (χ4n) is 2.32. The Hall–Kier alpha value is -2.80. The van der Waals surface area contributed by atoms with Crippen LogP contribution >= 0.6 is 0 Å². The molecule has 7 heteroatoms. The van der Waals surface area contributed by atoms with Crippen LogP contribution in [0.3, 0.4) is 0 Å². The predicted molar refractivity (Wildman–Crippen MR) is 88.1 cm³/mol. The standard InChI is InChI=1S/C18H18F2N2O3/c1-18(25,14-7-6-13(19)9-15(14)20)10-22-17(24)12-5-3-4-11(8-12)16(23)21-2/h3-9,25H,10H2,1-2H3,(H,21,23)(H,22,24). The third-order valence-corrected chi connectivity index (χ3v) is 3.72. The van der Waals surface area contributed by atoms with Gasteiger partial charge in [-0.3, -0.25) is 9.59 Å². The number of carbonyl (C=O) groups is 2. The third kappa shape index (κ3) is 4.39. The van der Waals surface area contributed by atoms with E-state index in [1.807, 2.05) is 0 Å². The Balaban J connectivity index is 2.12. The molecule has 25 heavy (non-hydrogen) atoms. The first-order valence-electron chi connectivity index (χ1n) is 7.53. The van der Waals surface area contributed by atoms with Crippen molar-refractivity contribution in [2.24, 2.45) is 0 Å². The van der Waals surface area contributed by atoms with Crippen LogP contribution in [0, 0.1) is 11.6 Å². The van der Waals surface area contributed by atoms with E-state index in [9.17, 15) is 23.5 Å². The maximum atomic E-state index is 13.8. The molecule has 0 aliphatic carbocycles. The summed E-state index contributed by atoms with van der Waals surface area (Å²) in [5, 5.41) is 15.3. The van der Waals surface area contributed by atoms with Gasteiger partial charge in [0.05, 0.1) is 6.54 Å². The molecule has 0 aromatic heterocycles. The van der Waals surface area contributed by atoms with Crippen LogP contribution in [-0.2, 0) is 5.60 Å². The van der Waals surface area contributed by atoms with Gasteiger partial charge in [0, 0.05) is 29.8 Å². The van der Waals surface area contributed by atoms with Gasteiger partial charge >= 0.3 is 0 Å². The van der Waals surface area contributed by atoms with Gasteiger partial charge in [-0.25, -0.2) is 8.78 Å². The van der Waals surface area contributed by atoms with Gasteiger partial charge in [-0.1, -0.05) is 12.1 Å². The van der Waals surface area contributed by atoms with E-state index in [2.05, 4.69) is 10.6 Å². The van der Waals surface area contributed by atoms with E-state index in [0.29, 0.717) is 11.6 Å². The average molecular weight is 348 g/mol. The average Bonchev–Trinajstić information content (AvgIpc) is 2.58. The van der Waals surface area contributed by atoms with Gasteiger partial charge in [-0.05, 0) is 31.2 Å². The summed E-state index contributed by atoms with van der Waals surface area (Å²) in [4.78, 5) is 23.8. The highest BCUT2D eigenvalue weighted by atomic mass is 19.1. The zero-order valence-corrected chi connectivity index (χ0v) is 13.8. The lowest BCUT2D eigenvalue weighted by atomic mass is 9.95. The predicted octanol–water partition coefficient (Wildman–Crippen LogP) is 1.96. The molecule has 2 aromatic rings. The maximum absolute atomic E-state index is 13.8. The van der Waals surface area contributed by atoms with E-state index >= 15 is 0 Å². The largest absolute Gasteiger partial charge is 0.383 e. The molecule has 0 saturated heterocycles. The van der Waals surface area contributed by atoms with Crippen molar-refractivity contribution in [2.45, 2.75) is 12.5 Å². The van der Waals surface area contributed by atoms with E-state index in [4.69, 9.17) is 0 Å². The van der Waals surface area contributed by atoms with Crippen LogP contribution in [0.2, 0.25) is 0 Å². The van der Waals surface area contributed by atoms with Crippen molar-refractivity contribution in [3.05, 3.63) is 70.8 Å². The van der Waals surface area contributed by atoms with Gasteiger partial charge in [-0.2, -0.15) is 0 Å². The molecule has 0 spiro atoms. The maximum Gasteiger partial charge on any atom is 0.251 e. The molecule has 2 rings (SSSR count). The normalized spacial score (nSPS) is 13.0. The van der Waals surface area contributed by atoms with E-state index in [0.717, 1.165) is 12.1 Å². The first kappa shape index (κ1) is 18.5. The van der Waals surface area contributed by atoms with Gasteiger partial charge in [0.2, 0.25) is 0 Å². The van der Waals surface area contributed by atoms with Gasteiger partial charge in [0.15, 0.2) is 0 Å². The van der Waals surface area contributed by atoms with E-state index < -0.39 is 23.1 Å². The molecule has 2 amide bonds. The number of halogens is 2. The highest BCUT2D eigenvalue weighted by Crippen LogP contribution is 2.23. The van der Waals surface area contributed by atoms with E-state index in [1.54, 1.807) is 12.1 Å². The Bertz CT molecular complexity index is 807. The Kier molecular flexibility index (Phi) is 5.48. The zero-order chi connectivity index (χ0) is 18.6. The first-order valence-corrected chi connectivity index (χ1v) is 7.53. The second-order valence-electron chi connectivity index (χ2n) is 5.74. The molecule has 0 bridgehead atoms. The second kappa shape index (κ2) is 7.40. The number of amides is 2. The number of nitrogens with one attached hydrogen (secondary N) is 2. The minimum absolute atomic E-state index is 0.131. The molecule has 0 saturated carbocycles. The Morgan fingerprint density at radius 2 is 1.72 bits per heavy atom. The lowest BCUT2D eigenvalue weighted by Crippen LogP contribution is -2.39. The Labute approximate surface area is 143 Å². The molecule has 3 N–H and O–H groups in total. The lowest BCUT2D eigenvalue weighted by Gasteiger charge is -2.24. The van der Waals surface area contributed by atoms with Crippen molar-refractivity contribution < 1.29 is 23.5 Å². The summed E-state index contributed by atoms with van der Waals surface area (Å²) >= 11 is 0. The summed E-state index contributed by atoms with van der Waals surface area (Å²) in [6, 6.07) is 8.84. The van der Waals surface area contributed by atoms with Crippen molar-refractivity contribution in [3.63, 3.8) is 0 Å². The highest BCUT2D eigenvalue weighted by Gasteiger charge is 2.27. The molecule has 2 aromatic carbocycles. The fourth-order valence-corrected chi connectivity index (χ4v) is 2.32. The number of hydrogen-bond donors (Lipinski definition) is 3. The molecule has 5 nitrogen and oxygen atoms in total. The summed E-state index contributed by atoms with van der Waals surface area (Å²) in [6.07, 6.45) is 0. The third-order valence-electron chi connectivity index (χ3n) is 3.72. The van der Waals surface area contributed by atoms with Gasteiger partial charge < -0.3 is 15.7 Å². The van der Waals surface area contributed by atoms with Crippen LogP contribution in [0.15, 0.2) is 42.5 Å². The minimum Gasteiger partial charge on any atom is -0.383 e. The van der Waals surface area contributed by atoms with Crippen molar-refractivity contribution in [2.75, 3.05) is 13.6 Å². The minimum atomic E-state index is -1.73. The Morgan fingerprint density at radius 3 is 2.32 bits per heavy atom. The molecular weight excluding hydrogens is 330 g/mol. The number of rotatable bonds is 5. The van der Waals surface area contributed by atoms with Gasteiger partial charge in [-0.15, -0.1) is 0 Å². The summed E-state index contributed by atoms with van der Waals surface area (Å²) in [6.45, 7) is 1.02. The number of hydrogen-bond acceptors (Lipinski definition) is 3. The van der Waals surface area contributed by atoms with Crippen LogP contribution in [-0.4, -0.2) is 30.5 Å². The molecule has 0 heterocycles. The smallest absolute Gasteiger partial charge is 0.251 e. The molecule has 132 valence electrons. The second-order valence-corrected chi connectivity index (χ2v) is 5.74. The van der Waals surface area contributed by atoms with Gasteiger partial charge in [0.1, 0.15) is 17.2 Å². The SMILES string of the molecule is CNC(=O)c1cccc(C(=O)NCC(C)(O)c2ccc(F)cc2F)c1. The van der Waals surface area contributed by atoms with Crippen LogP contribution in [0.4, 0.5) is 8.78 Å². The van der Waals surface area contributed by atoms with E-state index in [-0.39, 0.29) is 23.6 Å². The van der Waals surface area contributed by atoms with Crippen molar-refractivity contribution in [1.82, 2.24) is 10.6 Å². The molecule has 1 unspecified atom stereocenters. The summed E-state index contributed by atoms with van der Waals surface area (Å²) in [5.41, 5.74) is -1.33. The summed E-state index contributed by atoms with van der Waals surface area (Å²) < 4.78 is 26.8. The monoisotopic (exact) mass is 348 g/mol. The fraction of sp³-hybridized carbons (Fsp3) is 0.222. The van der Waals surface area contributed by atoms with Crippen molar-refractivity contribution in [1.29, 1.82) is 0 Å². The molecular formula is C18H18F2N2O3. The lowest BCUT2D eigenvalue weighted by molar-refractivity contribution is 0.0494. The summed E-state index contributed by atoms with van der Waals surface area (Å²) in [7, 11) is 1.48. The molecule has 0 aliphatic rings. The Morgan fingerprint density at radius 1 is 1.08 bits per heavy atom. The molecule has 0 fully saturated rings. The molecule has 1 atom stereocenters. The van der Waals surface area contributed by atoms with Crippen LogP contribution < -0.4 is 10.6 Å². The van der Waals surface area contributed by atoms with Crippen LogP contribution in [0.25, 0.3) is 0 Å². The van der Waals surface area contributed by atoms with Crippen molar-refractivity contribution in [3.8, 4) is 0 Å². The topological polar surface area (TPSA) is 78.4 Å². The highest BCUT2D eigenvalue weighted by molar-refractivity contribution is 5.99. The zero-order valence-electron chi connectivity index (χ0n) is 13.8. The number of carbonyl (C=O) groups excluding carboxylic acids is 2. The number of benzene rings is 2. The quantitative estimate of drug-likeness (QED) is 0.773. The van der Waals surface area contributed by atoms with Crippen LogP contribution in [0.5, 0.6) is 0 Å². The first-order chi connectivity index (χ1) is 11.7. The molecule has 0 aliphatic heterocycles. The van der Waals surface area contributed by atoms with Gasteiger partial charge in [0.25, 0.3) is 11.8 Å². The van der Waals surface area contributed by atoms with Crippen molar-refractivity contribution >= 4 is 11.8 Å². The number of aliphatic hydroxyl groups is 1. The molecule has 0 radical (unpaired) electrons. The van der Waals surface area contributed by atoms with Crippen LogP contribution in [0.1, 0.15) is 33.2 Å².